The van der Waals surface area contributed by atoms with E-state index in [4.69, 9.17) is 0 Å². The molecule has 1 saturated heterocycles. The lowest BCUT2D eigenvalue weighted by Gasteiger charge is -2.49. The van der Waals surface area contributed by atoms with Crippen molar-refractivity contribution in [3.05, 3.63) is 0 Å². The molecular weight excluding hydrogens is 241 g/mol. The fraction of sp³-hybridized carbons (Fsp3) is 1.00. The Morgan fingerprint density at radius 1 is 1.22 bits per heavy atom. The molecule has 2 nitrogen and oxygen atoms in total. The van der Waals surface area contributed by atoms with Crippen LogP contribution in [-0.4, -0.2) is 42.3 Å². The summed E-state index contributed by atoms with van der Waals surface area (Å²) in [5, 5.41) is 3.47. The summed E-state index contributed by atoms with van der Waals surface area (Å²) in [7, 11) is 0. The Hall–Kier alpha value is -0.290. The summed E-state index contributed by atoms with van der Waals surface area (Å²) in [6, 6.07) is 0.324. The number of nitrogens with one attached hydrogen (secondary N) is 1. The van der Waals surface area contributed by atoms with Gasteiger partial charge in [-0.15, -0.1) is 0 Å². The highest BCUT2D eigenvalue weighted by atomic mass is 19.4. The third kappa shape index (κ3) is 3.85. The van der Waals surface area contributed by atoms with Crippen LogP contribution in [0.1, 0.15) is 46.5 Å². The van der Waals surface area contributed by atoms with Gasteiger partial charge in [0.05, 0.1) is 6.42 Å². The number of rotatable bonds is 5. The first-order chi connectivity index (χ1) is 8.37. The Kier molecular flexibility index (Phi) is 5.46. The average Bonchev–Trinajstić information content (AvgIpc) is 2.35. The van der Waals surface area contributed by atoms with Crippen molar-refractivity contribution in [2.75, 3.05) is 19.6 Å². The molecule has 5 heteroatoms. The van der Waals surface area contributed by atoms with Gasteiger partial charge in [-0.05, 0) is 19.3 Å². The second-order valence-corrected chi connectivity index (χ2v) is 5.23. The van der Waals surface area contributed by atoms with Crippen molar-refractivity contribution in [3.8, 4) is 0 Å². The summed E-state index contributed by atoms with van der Waals surface area (Å²) in [6.07, 6.45) is -2.01. The normalized spacial score (nSPS) is 25.3. The minimum atomic E-state index is -4.06. The van der Waals surface area contributed by atoms with Gasteiger partial charge in [0, 0.05) is 31.2 Å². The maximum absolute atomic E-state index is 12.4. The molecule has 108 valence electrons. The molecule has 0 amide bonds. The molecule has 0 aromatic carbocycles. The Balaban J connectivity index is 2.71. The first-order valence-electron chi connectivity index (χ1n) is 6.92. The van der Waals surface area contributed by atoms with E-state index in [0.717, 1.165) is 32.4 Å². The van der Waals surface area contributed by atoms with E-state index >= 15 is 0 Å². The van der Waals surface area contributed by atoms with Crippen LogP contribution in [0.2, 0.25) is 0 Å². The molecule has 0 radical (unpaired) electrons. The van der Waals surface area contributed by atoms with Gasteiger partial charge in [-0.1, -0.05) is 20.8 Å². The minimum Gasteiger partial charge on any atom is -0.311 e. The van der Waals surface area contributed by atoms with Crippen molar-refractivity contribution >= 4 is 0 Å². The Morgan fingerprint density at radius 2 is 1.83 bits per heavy atom. The summed E-state index contributed by atoms with van der Waals surface area (Å²) in [5.74, 6) is 0. The molecule has 1 aliphatic heterocycles. The molecule has 1 heterocycles. The summed E-state index contributed by atoms with van der Waals surface area (Å²) >= 11 is 0. The molecule has 0 spiro atoms. The second-order valence-electron chi connectivity index (χ2n) is 5.23. The van der Waals surface area contributed by atoms with Crippen molar-refractivity contribution in [2.24, 2.45) is 0 Å². The zero-order valence-corrected chi connectivity index (χ0v) is 11.6. The molecular formula is C13H25F3N2. The van der Waals surface area contributed by atoms with Crippen molar-refractivity contribution in [1.29, 1.82) is 0 Å². The second kappa shape index (κ2) is 6.24. The van der Waals surface area contributed by atoms with Gasteiger partial charge in [0.25, 0.3) is 0 Å². The summed E-state index contributed by atoms with van der Waals surface area (Å²) < 4.78 is 37.2. The van der Waals surface area contributed by atoms with Crippen LogP contribution in [-0.2, 0) is 0 Å². The molecule has 1 N–H and O–H groups in total. The number of nitrogens with zero attached hydrogens (tertiary/aromatic N) is 1. The highest BCUT2D eigenvalue weighted by Gasteiger charge is 2.40. The van der Waals surface area contributed by atoms with Crippen LogP contribution in [0.4, 0.5) is 13.2 Å². The van der Waals surface area contributed by atoms with E-state index in [-0.39, 0.29) is 12.1 Å². The molecule has 1 fully saturated rings. The van der Waals surface area contributed by atoms with E-state index in [0.29, 0.717) is 6.04 Å². The molecule has 1 aliphatic rings. The molecule has 1 unspecified atom stereocenters. The summed E-state index contributed by atoms with van der Waals surface area (Å²) in [6.45, 7) is 7.87. The minimum absolute atomic E-state index is 0.100. The van der Waals surface area contributed by atoms with E-state index in [2.05, 4.69) is 31.0 Å². The monoisotopic (exact) mass is 266 g/mol. The van der Waals surface area contributed by atoms with E-state index in [1.54, 1.807) is 0 Å². The van der Waals surface area contributed by atoms with Crippen LogP contribution >= 0.6 is 0 Å². The summed E-state index contributed by atoms with van der Waals surface area (Å²) in [4.78, 5) is 2.06. The Labute approximate surface area is 108 Å². The molecule has 1 atom stereocenters. The van der Waals surface area contributed by atoms with E-state index < -0.39 is 12.6 Å². The van der Waals surface area contributed by atoms with Crippen LogP contribution in [0.3, 0.4) is 0 Å². The van der Waals surface area contributed by atoms with Crippen molar-refractivity contribution < 1.29 is 13.2 Å². The molecule has 0 aromatic rings. The van der Waals surface area contributed by atoms with E-state index in [1.807, 2.05) is 0 Å². The maximum atomic E-state index is 12.4. The van der Waals surface area contributed by atoms with Gasteiger partial charge in [-0.25, -0.2) is 0 Å². The average molecular weight is 266 g/mol. The number of alkyl halides is 3. The lowest BCUT2D eigenvalue weighted by molar-refractivity contribution is -0.143. The van der Waals surface area contributed by atoms with Gasteiger partial charge < -0.3 is 5.32 Å². The molecule has 0 saturated carbocycles. The fourth-order valence-electron chi connectivity index (χ4n) is 2.78. The lowest BCUT2D eigenvalue weighted by Crippen LogP contribution is -2.64. The Morgan fingerprint density at radius 3 is 2.28 bits per heavy atom. The molecule has 0 bridgehead atoms. The van der Waals surface area contributed by atoms with Crippen LogP contribution < -0.4 is 5.32 Å². The van der Waals surface area contributed by atoms with Crippen LogP contribution in [0.15, 0.2) is 0 Å². The Bertz CT molecular complexity index is 249. The van der Waals surface area contributed by atoms with Crippen LogP contribution in [0, 0.1) is 0 Å². The quantitative estimate of drug-likeness (QED) is 0.822. The highest BCUT2D eigenvalue weighted by molar-refractivity contribution is 4.97. The summed E-state index contributed by atoms with van der Waals surface area (Å²) in [5.41, 5.74) is -0.100. The molecule has 1 rings (SSSR count). The maximum Gasteiger partial charge on any atom is 0.390 e. The lowest BCUT2D eigenvalue weighted by atomic mass is 9.86. The number of halogens is 3. The van der Waals surface area contributed by atoms with Crippen molar-refractivity contribution in [3.63, 3.8) is 0 Å². The van der Waals surface area contributed by atoms with E-state index in [9.17, 15) is 13.2 Å². The first-order valence-corrected chi connectivity index (χ1v) is 6.92. The van der Waals surface area contributed by atoms with Crippen LogP contribution in [0.5, 0.6) is 0 Å². The number of hydrogen-bond donors (Lipinski definition) is 1. The standard InChI is InChI=1S/C13H25F3N2/c1-4-11-9-18(8-7-13(14,15)16)12(5-2,6-3)10-17-11/h11,17H,4-10H2,1-3H3. The smallest absolute Gasteiger partial charge is 0.311 e. The zero-order chi connectivity index (χ0) is 13.8. The number of hydrogen-bond acceptors (Lipinski definition) is 2. The highest BCUT2D eigenvalue weighted by Crippen LogP contribution is 2.30. The van der Waals surface area contributed by atoms with E-state index in [1.165, 1.54) is 0 Å². The van der Waals surface area contributed by atoms with Crippen molar-refractivity contribution in [2.45, 2.75) is 64.2 Å². The largest absolute Gasteiger partial charge is 0.390 e. The van der Waals surface area contributed by atoms with Crippen LogP contribution in [0.25, 0.3) is 0 Å². The third-order valence-corrected chi connectivity index (χ3v) is 4.31. The molecule has 0 aliphatic carbocycles. The fourth-order valence-corrected chi connectivity index (χ4v) is 2.78. The SMILES string of the molecule is CCC1CN(CCC(F)(F)F)C(CC)(CC)CN1. The van der Waals surface area contributed by atoms with Gasteiger partial charge in [0.2, 0.25) is 0 Å². The van der Waals surface area contributed by atoms with Gasteiger partial charge in [-0.2, -0.15) is 13.2 Å². The molecule has 0 aromatic heterocycles. The van der Waals surface area contributed by atoms with Crippen molar-refractivity contribution in [1.82, 2.24) is 10.2 Å². The van der Waals surface area contributed by atoms with Gasteiger partial charge in [-0.3, -0.25) is 4.90 Å². The third-order valence-electron chi connectivity index (χ3n) is 4.31. The molecule has 18 heavy (non-hydrogen) atoms. The van der Waals surface area contributed by atoms with Gasteiger partial charge in [0.1, 0.15) is 0 Å². The number of piperazine rings is 1. The first kappa shape index (κ1) is 15.8. The predicted octanol–water partition coefficient (Wildman–Crippen LogP) is 3.18. The zero-order valence-electron chi connectivity index (χ0n) is 11.6. The van der Waals surface area contributed by atoms with Gasteiger partial charge >= 0.3 is 6.18 Å². The van der Waals surface area contributed by atoms with Gasteiger partial charge in [0.15, 0.2) is 0 Å². The topological polar surface area (TPSA) is 15.3 Å². The predicted molar refractivity (Wildman–Crippen MR) is 67.6 cm³/mol.